The van der Waals surface area contributed by atoms with Crippen molar-refractivity contribution in [3.05, 3.63) is 119 Å². The molecule has 0 radical (unpaired) electrons. The Hall–Kier alpha value is -4.10. The largest absolute Gasteiger partial charge is 0.422 e. The molecule has 1 N–H and O–H groups in total. The highest BCUT2D eigenvalue weighted by molar-refractivity contribution is 6.30. The second kappa shape index (κ2) is 9.80. The first-order valence-corrected chi connectivity index (χ1v) is 10.3. The molecule has 0 saturated carbocycles. The van der Waals surface area contributed by atoms with Gasteiger partial charge < -0.3 is 10.1 Å². The minimum absolute atomic E-state index is 0.0489. The van der Waals surface area contributed by atoms with E-state index in [2.05, 4.69) is 5.32 Å². The molecule has 170 valence electrons. The second-order valence-electron chi connectivity index (χ2n) is 7.19. The van der Waals surface area contributed by atoms with Gasteiger partial charge in [0.2, 0.25) is 0 Å². The van der Waals surface area contributed by atoms with Crippen molar-refractivity contribution in [1.82, 2.24) is 0 Å². The molecule has 0 atom stereocenters. The average molecular weight is 482 g/mol. The number of amides is 1. The van der Waals surface area contributed by atoms with Crippen LogP contribution in [0.5, 0.6) is 5.75 Å². The molecular weight excluding hydrogens is 467 g/mol. The van der Waals surface area contributed by atoms with Crippen molar-refractivity contribution in [2.24, 2.45) is 0 Å². The number of halogens is 4. The van der Waals surface area contributed by atoms with Crippen LogP contribution in [0, 0.1) is 17.5 Å². The SMILES string of the molecule is O=C(Oc1ccc(-c2ccc(F)cc2F)cc1C(=O)Nc1ccc(F)cc1)c1ccc(Cl)cc1. The van der Waals surface area contributed by atoms with Gasteiger partial charge in [-0.25, -0.2) is 18.0 Å². The van der Waals surface area contributed by atoms with Crippen molar-refractivity contribution < 1.29 is 27.5 Å². The van der Waals surface area contributed by atoms with Crippen LogP contribution in [0.4, 0.5) is 18.9 Å². The summed E-state index contributed by atoms with van der Waals surface area (Å²) in [5.41, 5.74) is 0.705. The van der Waals surface area contributed by atoms with Gasteiger partial charge in [0.05, 0.1) is 11.1 Å². The molecule has 4 nitrogen and oxygen atoms in total. The van der Waals surface area contributed by atoms with Crippen LogP contribution >= 0.6 is 11.6 Å². The van der Waals surface area contributed by atoms with Gasteiger partial charge >= 0.3 is 5.97 Å². The maximum Gasteiger partial charge on any atom is 0.343 e. The maximum atomic E-state index is 14.3. The molecule has 34 heavy (non-hydrogen) atoms. The Morgan fingerprint density at radius 2 is 1.44 bits per heavy atom. The van der Waals surface area contributed by atoms with Crippen molar-refractivity contribution in [2.45, 2.75) is 0 Å². The molecule has 0 unspecified atom stereocenters. The minimum Gasteiger partial charge on any atom is -0.422 e. The van der Waals surface area contributed by atoms with Crippen LogP contribution in [-0.4, -0.2) is 11.9 Å². The molecule has 1 amide bonds. The molecule has 0 spiro atoms. The van der Waals surface area contributed by atoms with Gasteiger partial charge in [0.25, 0.3) is 5.91 Å². The topological polar surface area (TPSA) is 55.4 Å². The van der Waals surface area contributed by atoms with Crippen LogP contribution in [0.1, 0.15) is 20.7 Å². The van der Waals surface area contributed by atoms with E-state index in [1.807, 2.05) is 0 Å². The average Bonchev–Trinajstić information content (AvgIpc) is 2.81. The lowest BCUT2D eigenvalue weighted by Gasteiger charge is -2.13. The first-order chi connectivity index (χ1) is 16.3. The molecule has 8 heteroatoms. The van der Waals surface area contributed by atoms with Gasteiger partial charge in [0, 0.05) is 22.3 Å². The zero-order valence-electron chi connectivity index (χ0n) is 17.3. The Kier molecular flexibility index (Phi) is 6.65. The van der Waals surface area contributed by atoms with E-state index in [-0.39, 0.29) is 28.0 Å². The lowest BCUT2D eigenvalue weighted by molar-refractivity contribution is 0.0733. The smallest absolute Gasteiger partial charge is 0.343 e. The van der Waals surface area contributed by atoms with Crippen molar-refractivity contribution in [3.63, 3.8) is 0 Å². The number of nitrogens with one attached hydrogen (secondary N) is 1. The summed E-state index contributed by atoms with van der Waals surface area (Å²) in [5.74, 6) is -3.57. The van der Waals surface area contributed by atoms with Crippen molar-refractivity contribution in [2.75, 3.05) is 5.32 Å². The Bertz CT molecular complexity index is 1370. The number of hydrogen-bond donors (Lipinski definition) is 1. The predicted octanol–water partition coefficient (Wildman–Crippen LogP) is 6.90. The van der Waals surface area contributed by atoms with Crippen LogP contribution in [0.15, 0.2) is 84.9 Å². The Morgan fingerprint density at radius 1 is 0.765 bits per heavy atom. The number of carbonyl (C=O) groups excluding carboxylic acids is 2. The molecule has 0 aliphatic carbocycles. The number of anilines is 1. The molecule has 0 aliphatic rings. The van der Waals surface area contributed by atoms with E-state index in [4.69, 9.17) is 16.3 Å². The standard InChI is InChI=1S/C26H15ClF3NO3/c27-17-4-1-15(2-5-17)26(33)34-24-12-3-16(21-11-8-19(29)14-23(21)30)13-22(24)25(32)31-20-9-6-18(28)7-10-20/h1-14H,(H,31,32). The number of rotatable bonds is 5. The zero-order valence-corrected chi connectivity index (χ0v) is 18.1. The summed E-state index contributed by atoms with van der Waals surface area (Å²) < 4.78 is 46.3. The number of carbonyl (C=O) groups is 2. The summed E-state index contributed by atoms with van der Waals surface area (Å²) in [7, 11) is 0. The first kappa shape index (κ1) is 23.1. The Morgan fingerprint density at radius 3 is 2.12 bits per heavy atom. The molecular formula is C26H15ClF3NO3. The molecule has 0 bridgehead atoms. The van der Waals surface area contributed by atoms with Gasteiger partial charge in [-0.2, -0.15) is 0 Å². The first-order valence-electron chi connectivity index (χ1n) is 9.94. The maximum absolute atomic E-state index is 14.3. The van der Waals surface area contributed by atoms with Gasteiger partial charge in [0.1, 0.15) is 23.2 Å². The van der Waals surface area contributed by atoms with E-state index >= 15 is 0 Å². The van der Waals surface area contributed by atoms with Gasteiger partial charge in [-0.1, -0.05) is 17.7 Å². The molecule has 4 aromatic carbocycles. The zero-order chi connectivity index (χ0) is 24.2. The lowest BCUT2D eigenvalue weighted by atomic mass is 10.0. The van der Waals surface area contributed by atoms with Gasteiger partial charge in [-0.15, -0.1) is 0 Å². The van der Waals surface area contributed by atoms with E-state index in [1.165, 1.54) is 72.8 Å². The fraction of sp³-hybridized carbons (Fsp3) is 0. The van der Waals surface area contributed by atoms with Crippen molar-refractivity contribution in [1.29, 1.82) is 0 Å². The summed E-state index contributed by atoms with van der Waals surface area (Å²) in [6.07, 6.45) is 0. The van der Waals surface area contributed by atoms with Crippen LogP contribution < -0.4 is 10.1 Å². The highest BCUT2D eigenvalue weighted by Gasteiger charge is 2.19. The van der Waals surface area contributed by atoms with Crippen LogP contribution in [0.3, 0.4) is 0 Å². The van der Waals surface area contributed by atoms with Gasteiger partial charge in [-0.05, 0) is 78.4 Å². The van der Waals surface area contributed by atoms with Crippen LogP contribution in [-0.2, 0) is 0 Å². The highest BCUT2D eigenvalue weighted by Crippen LogP contribution is 2.30. The van der Waals surface area contributed by atoms with E-state index in [0.29, 0.717) is 10.7 Å². The second-order valence-corrected chi connectivity index (χ2v) is 7.63. The molecule has 0 fully saturated rings. The van der Waals surface area contributed by atoms with Crippen LogP contribution in [0.2, 0.25) is 5.02 Å². The normalized spacial score (nSPS) is 10.6. The lowest BCUT2D eigenvalue weighted by Crippen LogP contribution is -2.16. The monoisotopic (exact) mass is 481 g/mol. The quantitative estimate of drug-likeness (QED) is 0.249. The van der Waals surface area contributed by atoms with E-state index < -0.39 is 29.3 Å². The molecule has 0 aromatic heterocycles. The minimum atomic E-state index is -0.823. The summed E-state index contributed by atoms with van der Waals surface area (Å²) in [5, 5.41) is 3.01. The predicted molar refractivity (Wildman–Crippen MR) is 123 cm³/mol. The fourth-order valence-electron chi connectivity index (χ4n) is 3.16. The third kappa shape index (κ3) is 5.27. The third-order valence-electron chi connectivity index (χ3n) is 4.85. The molecule has 0 saturated heterocycles. The van der Waals surface area contributed by atoms with Crippen LogP contribution in [0.25, 0.3) is 11.1 Å². The van der Waals surface area contributed by atoms with Gasteiger partial charge in [0.15, 0.2) is 0 Å². The molecule has 0 heterocycles. The Balaban J connectivity index is 1.71. The summed E-state index contributed by atoms with van der Waals surface area (Å²) >= 11 is 5.85. The summed E-state index contributed by atoms with van der Waals surface area (Å²) in [6, 6.07) is 18.2. The van der Waals surface area contributed by atoms with Crippen molar-refractivity contribution >= 4 is 29.2 Å². The van der Waals surface area contributed by atoms with E-state index in [1.54, 1.807) is 0 Å². The molecule has 4 aromatic rings. The van der Waals surface area contributed by atoms with Gasteiger partial charge in [-0.3, -0.25) is 4.79 Å². The van der Waals surface area contributed by atoms with Crippen molar-refractivity contribution in [3.8, 4) is 16.9 Å². The highest BCUT2D eigenvalue weighted by atomic mass is 35.5. The number of ether oxygens (including phenoxy) is 1. The summed E-state index contributed by atoms with van der Waals surface area (Å²) in [4.78, 5) is 25.6. The Labute approximate surface area is 197 Å². The fourth-order valence-corrected chi connectivity index (χ4v) is 3.29. The number of hydrogen-bond acceptors (Lipinski definition) is 3. The number of benzene rings is 4. The van der Waals surface area contributed by atoms with E-state index in [9.17, 15) is 22.8 Å². The molecule has 4 rings (SSSR count). The number of esters is 1. The third-order valence-corrected chi connectivity index (χ3v) is 5.10. The summed E-state index contributed by atoms with van der Waals surface area (Å²) in [6.45, 7) is 0. The van der Waals surface area contributed by atoms with E-state index in [0.717, 1.165) is 12.1 Å². The molecule has 0 aliphatic heterocycles.